The van der Waals surface area contributed by atoms with Gasteiger partial charge in [0.25, 0.3) is 0 Å². The molecule has 0 bridgehead atoms. The SMILES string of the molecule is Nc1ncc(-c2ccccc2C(F)(F)F)c(Cl)n1. The van der Waals surface area contributed by atoms with Gasteiger partial charge in [-0.25, -0.2) is 9.97 Å². The fraction of sp³-hybridized carbons (Fsp3) is 0.0909. The number of halogens is 4. The van der Waals surface area contributed by atoms with Crippen molar-refractivity contribution in [2.24, 2.45) is 0 Å². The zero-order valence-corrected chi connectivity index (χ0v) is 9.63. The zero-order valence-electron chi connectivity index (χ0n) is 8.87. The molecule has 0 fully saturated rings. The van der Waals surface area contributed by atoms with E-state index in [4.69, 9.17) is 17.3 Å². The van der Waals surface area contributed by atoms with Gasteiger partial charge in [-0.2, -0.15) is 13.2 Å². The Hall–Kier alpha value is -1.82. The van der Waals surface area contributed by atoms with E-state index >= 15 is 0 Å². The van der Waals surface area contributed by atoms with Gasteiger partial charge in [0.1, 0.15) is 5.15 Å². The first kappa shape index (κ1) is 12.6. The third-order valence-corrected chi connectivity index (χ3v) is 2.57. The number of alkyl halides is 3. The number of nitrogen functional groups attached to an aromatic ring is 1. The van der Waals surface area contributed by atoms with Crippen LogP contribution < -0.4 is 5.73 Å². The van der Waals surface area contributed by atoms with Crippen LogP contribution in [0.2, 0.25) is 5.15 Å². The highest BCUT2D eigenvalue weighted by Gasteiger charge is 2.33. The summed E-state index contributed by atoms with van der Waals surface area (Å²) in [7, 11) is 0. The number of benzene rings is 1. The first-order chi connectivity index (χ1) is 8.39. The number of anilines is 1. The largest absolute Gasteiger partial charge is 0.417 e. The molecule has 1 aromatic heterocycles. The van der Waals surface area contributed by atoms with Gasteiger partial charge < -0.3 is 5.73 Å². The summed E-state index contributed by atoms with van der Waals surface area (Å²) in [6, 6.07) is 5.07. The van der Waals surface area contributed by atoms with Crippen LogP contribution in [0, 0.1) is 0 Å². The molecule has 2 N–H and O–H groups in total. The Kier molecular flexibility index (Phi) is 3.13. The molecule has 94 valence electrons. The summed E-state index contributed by atoms with van der Waals surface area (Å²) < 4.78 is 38.5. The van der Waals surface area contributed by atoms with Crippen molar-refractivity contribution in [1.82, 2.24) is 9.97 Å². The number of hydrogen-bond donors (Lipinski definition) is 1. The molecule has 0 aliphatic rings. The second-order valence-corrected chi connectivity index (χ2v) is 3.83. The fourth-order valence-electron chi connectivity index (χ4n) is 1.52. The van der Waals surface area contributed by atoms with Gasteiger partial charge in [0.05, 0.1) is 5.56 Å². The highest BCUT2D eigenvalue weighted by molar-refractivity contribution is 6.32. The smallest absolute Gasteiger partial charge is 0.368 e. The van der Waals surface area contributed by atoms with Crippen LogP contribution in [0.1, 0.15) is 5.56 Å². The van der Waals surface area contributed by atoms with Crippen LogP contribution in [0.15, 0.2) is 30.5 Å². The first-order valence-electron chi connectivity index (χ1n) is 4.84. The van der Waals surface area contributed by atoms with E-state index in [1.165, 1.54) is 24.4 Å². The quantitative estimate of drug-likeness (QED) is 0.810. The lowest BCUT2D eigenvalue weighted by Gasteiger charge is -2.13. The Morgan fingerprint density at radius 3 is 2.39 bits per heavy atom. The van der Waals surface area contributed by atoms with Gasteiger partial charge in [-0.05, 0) is 11.6 Å². The number of nitrogens with two attached hydrogens (primary N) is 1. The monoisotopic (exact) mass is 273 g/mol. The Bertz CT molecular complexity index is 584. The van der Waals surface area contributed by atoms with Gasteiger partial charge in [-0.1, -0.05) is 29.8 Å². The number of hydrogen-bond acceptors (Lipinski definition) is 3. The fourth-order valence-corrected chi connectivity index (χ4v) is 1.76. The van der Waals surface area contributed by atoms with Crippen molar-refractivity contribution in [2.45, 2.75) is 6.18 Å². The molecule has 3 nitrogen and oxygen atoms in total. The molecule has 18 heavy (non-hydrogen) atoms. The minimum absolute atomic E-state index is 0.0741. The average molecular weight is 274 g/mol. The van der Waals surface area contributed by atoms with Gasteiger partial charge in [0, 0.05) is 11.8 Å². The first-order valence-corrected chi connectivity index (χ1v) is 5.22. The second-order valence-electron chi connectivity index (χ2n) is 3.48. The van der Waals surface area contributed by atoms with E-state index in [1.807, 2.05) is 0 Å². The molecule has 0 atom stereocenters. The lowest BCUT2D eigenvalue weighted by molar-refractivity contribution is -0.137. The third kappa shape index (κ3) is 2.38. The van der Waals surface area contributed by atoms with E-state index in [9.17, 15) is 13.2 Å². The van der Waals surface area contributed by atoms with Crippen LogP contribution in [-0.4, -0.2) is 9.97 Å². The van der Waals surface area contributed by atoms with Crippen LogP contribution in [0.25, 0.3) is 11.1 Å². The molecule has 7 heteroatoms. The molecule has 2 rings (SSSR count). The normalized spacial score (nSPS) is 11.6. The molecule has 2 aromatic rings. The van der Waals surface area contributed by atoms with E-state index in [2.05, 4.69) is 9.97 Å². The standard InChI is InChI=1S/C11H7ClF3N3/c12-9-7(5-17-10(16)18-9)6-3-1-2-4-8(6)11(13,14)15/h1-5H,(H2,16,17,18). The van der Waals surface area contributed by atoms with Gasteiger partial charge >= 0.3 is 6.18 Å². The van der Waals surface area contributed by atoms with Crippen molar-refractivity contribution in [2.75, 3.05) is 5.73 Å². The van der Waals surface area contributed by atoms with E-state index in [0.29, 0.717) is 0 Å². The Labute approximate surface area is 105 Å². The number of nitrogens with zero attached hydrogens (tertiary/aromatic N) is 2. The maximum absolute atomic E-state index is 12.8. The van der Waals surface area contributed by atoms with Gasteiger partial charge in [0.15, 0.2) is 0 Å². The van der Waals surface area contributed by atoms with Gasteiger partial charge in [-0.3, -0.25) is 0 Å². The van der Waals surface area contributed by atoms with Crippen LogP contribution in [-0.2, 0) is 6.18 Å². The van der Waals surface area contributed by atoms with Crippen LogP contribution in [0.3, 0.4) is 0 Å². The molecule has 0 spiro atoms. The summed E-state index contributed by atoms with van der Waals surface area (Å²) in [6.45, 7) is 0. The number of rotatable bonds is 1. The molecule has 0 unspecified atom stereocenters. The second kappa shape index (κ2) is 4.45. The maximum atomic E-state index is 12.8. The van der Waals surface area contributed by atoms with E-state index in [0.717, 1.165) is 6.07 Å². The van der Waals surface area contributed by atoms with Crippen molar-refractivity contribution in [1.29, 1.82) is 0 Å². The molecule has 0 saturated heterocycles. The van der Waals surface area contributed by atoms with Gasteiger partial charge in [-0.15, -0.1) is 0 Å². The van der Waals surface area contributed by atoms with Crippen molar-refractivity contribution >= 4 is 17.5 Å². The third-order valence-electron chi connectivity index (χ3n) is 2.28. The summed E-state index contributed by atoms with van der Waals surface area (Å²) in [5.74, 6) is -0.0896. The predicted octanol–water partition coefficient (Wildman–Crippen LogP) is 3.40. The summed E-state index contributed by atoms with van der Waals surface area (Å²) >= 11 is 5.79. The molecule has 0 aliphatic heterocycles. The summed E-state index contributed by atoms with van der Waals surface area (Å²) in [6.07, 6.45) is -3.30. The average Bonchev–Trinajstić information content (AvgIpc) is 2.28. The van der Waals surface area contributed by atoms with E-state index in [-0.39, 0.29) is 22.2 Å². The summed E-state index contributed by atoms with van der Waals surface area (Å²) in [4.78, 5) is 7.29. The maximum Gasteiger partial charge on any atom is 0.417 e. The molecular formula is C11H7ClF3N3. The van der Waals surface area contributed by atoms with Crippen molar-refractivity contribution in [3.63, 3.8) is 0 Å². The zero-order chi connectivity index (χ0) is 13.3. The predicted molar refractivity (Wildman–Crippen MR) is 61.9 cm³/mol. The molecule has 1 aromatic carbocycles. The minimum Gasteiger partial charge on any atom is -0.368 e. The summed E-state index contributed by atoms with van der Waals surface area (Å²) in [5.41, 5.74) is 4.53. The Morgan fingerprint density at radius 2 is 1.78 bits per heavy atom. The highest BCUT2D eigenvalue weighted by Crippen LogP contribution is 2.38. The van der Waals surface area contributed by atoms with E-state index < -0.39 is 11.7 Å². The van der Waals surface area contributed by atoms with Crippen molar-refractivity contribution < 1.29 is 13.2 Å². The van der Waals surface area contributed by atoms with E-state index in [1.54, 1.807) is 0 Å². The Balaban J connectivity index is 2.64. The number of aromatic nitrogens is 2. The molecule has 0 amide bonds. The van der Waals surface area contributed by atoms with Crippen molar-refractivity contribution in [3.8, 4) is 11.1 Å². The summed E-state index contributed by atoms with van der Waals surface area (Å²) in [5, 5.41) is -0.112. The van der Waals surface area contributed by atoms with Crippen LogP contribution in [0.5, 0.6) is 0 Å². The topological polar surface area (TPSA) is 51.8 Å². The molecule has 0 radical (unpaired) electrons. The molecule has 1 heterocycles. The van der Waals surface area contributed by atoms with Crippen LogP contribution >= 0.6 is 11.6 Å². The lowest BCUT2D eigenvalue weighted by Crippen LogP contribution is -2.07. The Morgan fingerprint density at radius 1 is 1.11 bits per heavy atom. The highest BCUT2D eigenvalue weighted by atomic mass is 35.5. The minimum atomic E-state index is -4.47. The molecular weight excluding hydrogens is 267 g/mol. The molecule has 0 saturated carbocycles. The lowest BCUT2D eigenvalue weighted by atomic mass is 10.0. The van der Waals surface area contributed by atoms with Crippen LogP contribution in [0.4, 0.5) is 19.1 Å². The molecule has 0 aliphatic carbocycles. The van der Waals surface area contributed by atoms with Crippen molar-refractivity contribution in [3.05, 3.63) is 41.2 Å². The van der Waals surface area contributed by atoms with Gasteiger partial charge in [0.2, 0.25) is 5.95 Å².